The molecule has 2 heterocycles. The Morgan fingerprint density at radius 2 is 1.96 bits per heavy atom. The number of nitrogens with zero attached hydrogens (tertiary/aromatic N) is 3. The summed E-state index contributed by atoms with van der Waals surface area (Å²) in [5.41, 5.74) is 4.04. The van der Waals surface area contributed by atoms with Gasteiger partial charge in [0.25, 0.3) is 10.2 Å². The van der Waals surface area contributed by atoms with Gasteiger partial charge in [0, 0.05) is 62.8 Å². The molecule has 4 rings (SSSR count). The molecule has 0 radical (unpaired) electrons. The molecule has 1 aliphatic carbocycles. The molecule has 1 fully saturated rings. The number of fused-ring (bicyclic) bond motifs is 2. The van der Waals surface area contributed by atoms with Crippen LogP contribution in [0.25, 0.3) is 10.9 Å². The second-order valence-corrected chi connectivity index (χ2v) is 9.58. The van der Waals surface area contributed by atoms with Gasteiger partial charge >= 0.3 is 0 Å². The molecule has 0 saturated carbocycles. The average Bonchev–Trinajstić information content (AvgIpc) is 2.86. The lowest BCUT2D eigenvalue weighted by molar-refractivity contribution is 0.135. The number of aromatic nitrogens is 1. The van der Waals surface area contributed by atoms with Crippen molar-refractivity contribution in [1.82, 2.24) is 18.5 Å². The standard InChI is InChI=1S/C18H26N4O2S.ClH/c1-20(2)25(23,24)19-13-9-15-14-6-5-7-16-18(14)12(10-21(16)3)8-17(15)22(4)11-13;/h5-7,10,13,15,17,19H,8-9,11H2,1-4H3;1H/t13-,15+,17+;/m0./s1. The molecule has 0 spiro atoms. The van der Waals surface area contributed by atoms with Crippen molar-refractivity contribution in [3.63, 3.8) is 0 Å². The fourth-order valence-electron chi connectivity index (χ4n) is 4.62. The predicted molar refractivity (Wildman–Crippen MR) is 107 cm³/mol. The summed E-state index contributed by atoms with van der Waals surface area (Å²) in [6.07, 6.45) is 4.12. The maximum absolute atomic E-state index is 12.3. The second kappa shape index (κ2) is 6.80. The first-order valence-corrected chi connectivity index (χ1v) is 10.2. The van der Waals surface area contributed by atoms with Crippen LogP contribution in [0.3, 0.4) is 0 Å². The van der Waals surface area contributed by atoms with Gasteiger partial charge in [-0.25, -0.2) is 0 Å². The van der Waals surface area contributed by atoms with Crippen molar-refractivity contribution >= 4 is 33.5 Å². The molecular formula is C18H27ClN4O2S. The Kier molecular flexibility index (Phi) is 5.13. The number of benzene rings is 1. The smallest absolute Gasteiger partial charge is 0.279 e. The molecule has 26 heavy (non-hydrogen) atoms. The van der Waals surface area contributed by atoms with Gasteiger partial charge in [-0.3, -0.25) is 0 Å². The molecule has 8 heteroatoms. The first kappa shape index (κ1) is 19.6. The highest BCUT2D eigenvalue weighted by Crippen LogP contribution is 2.43. The van der Waals surface area contributed by atoms with Gasteiger partial charge in [0.1, 0.15) is 0 Å². The number of aryl methyl sites for hydroxylation is 1. The Morgan fingerprint density at radius 1 is 1.23 bits per heavy atom. The molecule has 0 amide bonds. The molecule has 1 aromatic heterocycles. The van der Waals surface area contributed by atoms with E-state index in [-0.39, 0.29) is 18.4 Å². The van der Waals surface area contributed by atoms with E-state index in [4.69, 9.17) is 0 Å². The lowest BCUT2D eigenvalue weighted by atomic mass is 9.74. The summed E-state index contributed by atoms with van der Waals surface area (Å²) in [6.45, 7) is 0.742. The maximum Gasteiger partial charge on any atom is 0.279 e. The molecule has 2 aliphatic rings. The Labute approximate surface area is 161 Å². The quantitative estimate of drug-likeness (QED) is 0.856. The van der Waals surface area contributed by atoms with Gasteiger partial charge < -0.3 is 9.47 Å². The SMILES string of the molecule is CN1C[C@@H](NS(=O)(=O)N(C)C)C[C@@H]2c3cccc4c3c(cn4C)C[C@H]21.Cl. The first-order chi connectivity index (χ1) is 11.8. The van der Waals surface area contributed by atoms with E-state index in [0.29, 0.717) is 12.0 Å². The van der Waals surface area contributed by atoms with Crippen molar-refractivity contribution in [2.45, 2.75) is 30.8 Å². The van der Waals surface area contributed by atoms with E-state index in [1.54, 1.807) is 14.1 Å². The van der Waals surface area contributed by atoms with E-state index < -0.39 is 10.2 Å². The van der Waals surface area contributed by atoms with Gasteiger partial charge in [-0.05, 0) is 37.1 Å². The zero-order valence-electron chi connectivity index (χ0n) is 15.6. The predicted octanol–water partition coefficient (Wildman–Crippen LogP) is 1.71. The largest absolute Gasteiger partial charge is 0.350 e. The summed E-state index contributed by atoms with van der Waals surface area (Å²) in [5.74, 6) is 0.354. The van der Waals surface area contributed by atoms with Gasteiger partial charge in [0.05, 0.1) is 0 Å². The van der Waals surface area contributed by atoms with Crippen LogP contribution in [-0.4, -0.2) is 62.0 Å². The third-order valence-corrected chi connectivity index (χ3v) is 7.42. The minimum Gasteiger partial charge on any atom is -0.350 e. The number of rotatable bonds is 3. The summed E-state index contributed by atoms with van der Waals surface area (Å²) in [5, 5.41) is 1.37. The van der Waals surface area contributed by atoms with Crippen LogP contribution in [-0.2, 0) is 23.7 Å². The maximum atomic E-state index is 12.3. The lowest BCUT2D eigenvalue weighted by Crippen LogP contribution is -2.56. The van der Waals surface area contributed by atoms with Gasteiger partial charge in [0.15, 0.2) is 0 Å². The summed E-state index contributed by atoms with van der Waals surface area (Å²) in [6, 6.07) is 6.87. The van der Waals surface area contributed by atoms with Gasteiger partial charge in [-0.2, -0.15) is 17.4 Å². The molecule has 0 unspecified atom stereocenters. The van der Waals surface area contributed by atoms with E-state index in [2.05, 4.69) is 52.7 Å². The van der Waals surface area contributed by atoms with E-state index in [0.717, 1.165) is 19.4 Å². The number of halogens is 1. The van der Waals surface area contributed by atoms with E-state index in [1.807, 2.05) is 0 Å². The van der Waals surface area contributed by atoms with Crippen LogP contribution in [0.15, 0.2) is 24.4 Å². The molecule has 1 aromatic carbocycles. The Hall–Kier alpha value is -1.12. The topological polar surface area (TPSA) is 57.6 Å². The highest BCUT2D eigenvalue weighted by Gasteiger charge is 2.40. The molecule has 1 aliphatic heterocycles. The highest BCUT2D eigenvalue weighted by molar-refractivity contribution is 7.87. The number of hydrogen-bond acceptors (Lipinski definition) is 3. The van der Waals surface area contributed by atoms with Crippen molar-refractivity contribution in [2.24, 2.45) is 7.05 Å². The first-order valence-electron chi connectivity index (χ1n) is 8.75. The van der Waals surface area contributed by atoms with E-state index in [9.17, 15) is 8.42 Å². The molecule has 3 atom stereocenters. The van der Waals surface area contributed by atoms with E-state index in [1.165, 1.54) is 26.3 Å². The number of piperidine rings is 1. The number of likely N-dealkylation sites (tertiary alicyclic amines) is 1. The molecule has 2 aromatic rings. The molecule has 6 nitrogen and oxygen atoms in total. The van der Waals surface area contributed by atoms with Crippen LogP contribution in [0.4, 0.5) is 0 Å². The molecule has 1 N–H and O–H groups in total. The Morgan fingerprint density at radius 3 is 2.65 bits per heavy atom. The fraction of sp³-hybridized carbons (Fsp3) is 0.556. The van der Waals surface area contributed by atoms with Crippen LogP contribution in [0.5, 0.6) is 0 Å². The number of likely N-dealkylation sites (N-methyl/N-ethyl adjacent to an activating group) is 1. The summed E-state index contributed by atoms with van der Waals surface area (Å²) < 4.78 is 30.8. The van der Waals surface area contributed by atoms with Crippen LogP contribution >= 0.6 is 12.4 Å². The monoisotopic (exact) mass is 398 g/mol. The minimum absolute atomic E-state index is 0. The zero-order chi connectivity index (χ0) is 17.9. The van der Waals surface area contributed by atoms with Crippen molar-refractivity contribution in [3.8, 4) is 0 Å². The molecule has 144 valence electrons. The molecule has 0 bridgehead atoms. The molecule has 1 saturated heterocycles. The zero-order valence-corrected chi connectivity index (χ0v) is 17.3. The normalized spacial score (nSPS) is 26.0. The van der Waals surface area contributed by atoms with Crippen molar-refractivity contribution < 1.29 is 8.42 Å². The molecular weight excluding hydrogens is 372 g/mol. The highest BCUT2D eigenvalue weighted by atomic mass is 35.5. The van der Waals surface area contributed by atoms with Crippen LogP contribution < -0.4 is 4.72 Å². The van der Waals surface area contributed by atoms with Gasteiger partial charge in [-0.1, -0.05) is 12.1 Å². The van der Waals surface area contributed by atoms with Gasteiger partial charge in [0.2, 0.25) is 0 Å². The summed E-state index contributed by atoms with van der Waals surface area (Å²) >= 11 is 0. The number of hydrogen-bond donors (Lipinski definition) is 1. The third-order valence-electron chi connectivity index (χ3n) is 5.83. The number of nitrogens with one attached hydrogen (secondary N) is 1. The lowest BCUT2D eigenvalue weighted by Gasteiger charge is -2.45. The van der Waals surface area contributed by atoms with Crippen LogP contribution in [0, 0.1) is 0 Å². The van der Waals surface area contributed by atoms with Crippen molar-refractivity contribution in [1.29, 1.82) is 0 Å². The van der Waals surface area contributed by atoms with Crippen LogP contribution in [0.2, 0.25) is 0 Å². The van der Waals surface area contributed by atoms with Gasteiger partial charge in [-0.15, -0.1) is 12.4 Å². The summed E-state index contributed by atoms with van der Waals surface area (Å²) in [7, 11) is 3.93. The second-order valence-electron chi connectivity index (χ2n) is 7.66. The Balaban J connectivity index is 0.00000196. The fourth-order valence-corrected chi connectivity index (χ4v) is 5.42. The third kappa shape index (κ3) is 3.05. The van der Waals surface area contributed by atoms with Crippen molar-refractivity contribution in [3.05, 3.63) is 35.5 Å². The van der Waals surface area contributed by atoms with Crippen molar-refractivity contribution in [2.75, 3.05) is 27.7 Å². The average molecular weight is 399 g/mol. The minimum atomic E-state index is -3.41. The van der Waals surface area contributed by atoms with E-state index >= 15 is 0 Å². The van der Waals surface area contributed by atoms with Crippen LogP contribution in [0.1, 0.15) is 23.5 Å². The summed E-state index contributed by atoms with van der Waals surface area (Å²) in [4.78, 5) is 2.33. The Bertz CT molecular complexity index is 925.